The largest absolute Gasteiger partial charge is 0.438 e. The Morgan fingerprint density at radius 2 is 2.09 bits per heavy atom. The molecule has 0 atom stereocenters. The normalized spacial score (nSPS) is 9.18. The van der Waals surface area contributed by atoms with Crippen molar-refractivity contribution in [2.75, 3.05) is 0 Å². The first-order valence-corrected chi connectivity index (χ1v) is 3.76. The molecule has 1 aromatic rings. The first-order chi connectivity index (χ1) is 5.20. The zero-order valence-electron chi connectivity index (χ0n) is 7.34. The minimum Gasteiger partial charge on any atom is -0.296 e. The zero-order chi connectivity index (χ0) is 8.85. The smallest absolute Gasteiger partial charge is 0.296 e. The standard InChI is InChI=1S/C5H8N2O2.C2H6.H2/c1-3(2)4-6-5(8)9-7-4;1-2;/h3H,1-2H3,(H,6,7,8);1-2H3;1H. The Balaban J connectivity index is 0. The lowest BCUT2D eigenvalue weighted by atomic mass is 10.2. The molecule has 0 radical (unpaired) electrons. The van der Waals surface area contributed by atoms with E-state index in [-0.39, 0.29) is 7.34 Å². The van der Waals surface area contributed by atoms with Crippen LogP contribution in [0.25, 0.3) is 0 Å². The Kier molecular flexibility index (Phi) is 4.26. The molecule has 0 spiro atoms. The summed E-state index contributed by atoms with van der Waals surface area (Å²) in [5, 5.41) is 3.47. The van der Waals surface area contributed by atoms with Gasteiger partial charge in [-0.3, -0.25) is 9.51 Å². The van der Waals surface area contributed by atoms with Gasteiger partial charge in [-0.1, -0.05) is 32.9 Å². The van der Waals surface area contributed by atoms with E-state index in [9.17, 15) is 4.79 Å². The van der Waals surface area contributed by atoms with Crippen molar-refractivity contribution < 1.29 is 5.95 Å². The molecule has 0 aliphatic carbocycles. The Labute approximate surface area is 67.1 Å². The van der Waals surface area contributed by atoms with Gasteiger partial charge in [-0.15, -0.1) is 0 Å². The van der Waals surface area contributed by atoms with Crippen LogP contribution in [0, 0.1) is 0 Å². The van der Waals surface area contributed by atoms with E-state index < -0.39 is 5.76 Å². The van der Waals surface area contributed by atoms with Crippen LogP contribution in [0.1, 0.15) is 40.9 Å². The number of aromatic amines is 1. The predicted octanol–water partition coefficient (Wildman–Crippen LogP) is 1.76. The number of aromatic nitrogens is 2. The molecule has 1 heterocycles. The maximum atomic E-state index is 10.3. The number of hydrogen-bond donors (Lipinski definition) is 1. The van der Waals surface area contributed by atoms with Gasteiger partial charge in [0, 0.05) is 7.34 Å². The number of nitrogens with one attached hydrogen (secondary N) is 1. The van der Waals surface area contributed by atoms with Gasteiger partial charge in [0.25, 0.3) is 0 Å². The van der Waals surface area contributed by atoms with E-state index in [2.05, 4.69) is 14.7 Å². The van der Waals surface area contributed by atoms with Crippen molar-refractivity contribution in [3.63, 3.8) is 0 Å². The molecule has 1 N–H and O–H groups in total. The summed E-state index contributed by atoms with van der Waals surface area (Å²) in [5.41, 5.74) is 0. The van der Waals surface area contributed by atoms with Crippen LogP contribution in [0.15, 0.2) is 9.32 Å². The average Bonchev–Trinajstić information content (AvgIpc) is 2.40. The molecule has 0 amide bonds. The summed E-state index contributed by atoms with van der Waals surface area (Å²) in [6.45, 7) is 7.85. The molecule has 0 saturated carbocycles. The summed E-state index contributed by atoms with van der Waals surface area (Å²) in [6, 6.07) is 0. The molecule has 0 saturated heterocycles. The van der Waals surface area contributed by atoms with Crippen molar-refractivity contribution in [2.24, 2.45) is 0 Å². The molecule has 1 aromatic heterocycles. The summed E-state index contributed by atoms with van der Waals surface area (Å²) in [7, 11) is 0. The molecule has 11 heavy (non-hydrogen) atoms. The molecular formula is C7H16N2O2. The highest BCUT2D eigenvalue weighted by molar-refractivity contribution is 4.85. The highest BCUT2D eigenvalue weighted by Gasteiger charge is 2.02. The lowest BCUT2D eigenvalue weighted by Crippen LogP contribution is -1.97. The molecule has 0 aliphatic rings. The third-order valence-corrected chi connectivity index (χ3v) is 1.00. The van der Waals surface area contributed by atoms with Crippen LogP contribution in [0.4, 0.5) is 0 Å². The maximum Gasteiger partial charge on any atom is 0.438 e. The Morgan fingerprint density at radius 3 is 2.27 bits per heavy atom. The fourth-order valence-electron chi connectivity index (χ4n) is 0.491. The van der Waals surface area contributed by atoms with Gasteiger partial charge in [0.2, 0.25) is 0 Å². The molecular weight excluding hydrogens is 144 g/mol. The number of hydrogen-bond acceptors (Lipinski definition) is 3. The predicted molar refractivity (Wildman–Crippen MR) is 44.7 cm³/mol. The van der Waals surface area contributed by atoms with Crippen molar-refractivity contribution >= 4 is 0 Å². The van der Waals surface area contributed by atoms with Crippen LogP contribution in [0.5, 0.6) is 0 Å². The van der Waals surface area contributed by atoms with Gasteiger partial charge >= 0.3 is 5.76 Å². The van der Waals surface area contributed by atoms with Gasteiger partial charge in [-0.05, 0) is 0 Å². The molecule has 0 aromatic carbocycles. The van der Waals surface area contributed by atoms with Gasteiger partial charge in [-0.2, -0.15) is 0 Å². The van der Waals surface area contributed by atoms with Gasteiger partial charge in [0.05, 0.1) is 0 Å². The quantitative estimate of drug-likeness (QED) is 0.681. The average molecular weight is 160 g/mol. The van der Waals surface area contributed by atoms with Gasteiger partial charge < -0.3 is 0 Å². The van der Waals surface area contributed by atoms with Crippen molar-refractivity contribution in [3.8, 4) is 0 Å². The Bertz CT molecular complexity index is 242. The molecule has 0 fully saturated rings. The summed E-state index contributed by atoms with van der Waals surface area (Å²) in [6.07, 6.45) is 0. The minimum absolute atomic E-state index is 0. The monoisotopic (exact) mass is 160 g/mol. The fraction of sp³-hybridized carbons (Fsp3) is 0.714. The van der Waals surface area contributed by atoms with Crippen LogP contribution in [0.3, 0.4) is 0 Å². The first-order valence-electron chi connectivity index (χ1n) is 3.76. The number of H-pyrrole nitrogens is 1. The lowest BCUT2D eigenvalue weighted by Gasteiger charge is -1.91. The van der Waals surface area contributed by atoms with E-state index >= 15 is 0 Å². The van der Waals surface area contributed by atoms with E-state index in [1.807, 2.05) is 27.7 Å². The maximum absolute atomic E-state index is 10.3. The van der Waals surface area contributed by atoms with Gasteiger partial charge in [0.15, 0.2) is 5.82 Å². The van der Waals surface area contributed by atoms with E-state index in [1.165, 1.54) is 0 Å². The van der Waals surface area contributed by atoms with Crippen LogP contribution in [0.2, 0.25) is 0 Å². The third-order valence-electron chi connectivity index (χ3n) is 1.00. The summed E-state index contributed by atoms with van der Waals surface area (Å²) >= 11 is 0. The second-order valence-corrected chi connectivity index (χ2v) is 2.13. The van der Waals surface area contributed by atoms with Crippen molar-refractivity contribution in [3.05, 3.63) is 16.4 Å². The summed E-state index contributed by atoms with van der Waals surface area (Å²) in [5.74, 6) is 0.329. The van der Waals surface area contributed by atoms with Crippen molar-refractivity contribution in [2.45, 2.75) is 33.6 Å². The highest BCUT2D eigenvalue weighted by atomic mass is 16.5. The van der Waals surface area contributed by atoms with Crippen molar-refractivity contribution in [1.29, 1.82) is 0 Å². The van der Waals surface area contributed by atoms with Crippen LogP contribution >= 0.6 is 0 Å². The van der Waals surface area contributed by atoms with Crippen LogP contribution < -0.4 is 5.76 Å². The molecule has 4 nitrogen and oxygen atoms in total. The number of nitrogens with zero attached hydrogens (tertiary/aromatic N) is 1. The molecule has 1 rings (SSSR count). The second-order valence-electron chi connectivity index (χ2n) is 2.13. The third kappa shape index (κ3) is 3.02. The summed E-state index contributed by atoms with van der Waals surface area (Å²) in [4.78, 5) is 12.8. The molecule has 0 unspecified atom stereocenters. The number of rotatable bonds is 1. The zero-order valence-corrected chi connectivity index (χ0v) is 7.34. The van der Waals surface area contributed by atoms with Crippen LogP contribution in [-0.2, 0) is 0 Å². The second kappa shape index (κ2) is 4.71. The van der Waals surface area contributed by atoms with E-state index in [0.717, 1.165) is 0 Å². The van der Waals surface area contributed by atoms with Crippen LogP contribution in [-0.4, -0.2) is 10.1 Å². The van der Waals surface area contributed by atoms with Crippen molar-refractivity contribution in [1.82, 2.24) is 10.1 Å². The Morgan fingerprint density at radius 1 is 1.55 bits per heavy atom. The van der Waals surface area contributed by atoms with Gasteiger partial charge in [-0.25, -0.2) is 4.79 Å². The molecule has 0 bridgehead atoms. The molecule has 66 valence electrons. The minimum atomic E-state index is -0.487. The Hall–Kier alpha value is -1.06. The van der Waals surface area contributed by atoms with E-state index in [0.29, 0.717) is 5.82 Å². The first kappa shape index (κ1) is 9.94. The van der Waals surface area contributed by atoms with E-state index in [1.54, 1.807) is 0 Å². The lowest BCUT2D eigenvalue weighted by molar-refractivity contribution is 0.379. The van der Waals surface area contributed by atoms with E-state index in [4.69, 9.17) is 0 Å². The molecule has 4 heteroatoms. The topological polar surface area (TPSA) is 58.9 Å². The van der Waals surface area contributed by atoms with Gasteiger partial charge in [0.1, 0.15) is 0 Å². The SMILES string of the molecule is CC.CC(C)c1noc(=O)[nH]1.[HH]. The molecule has 0 aliphatic heterocycles. The highest BCUT2D eigenvalue weighted by Crippen LogP contribution is 2.03. The summed E-state index contributed by atoms with van der Waals surface area (Å²) < 4.78 is 4.26. The fourth-order valence-corrected chi connectivity index (χ4v) is 0.491.